The molecule has 80 valence electrons. The van der Waals surface area contributed by atoms with Gasteiger partial charge in [-0.2, -0.15) is 0 Å². The zero-order valence-electron chi connectivity index (χ0n) is 8.03. The van der Waals surface area contributed by atoms with Gasteiger partial charge in [0.05, 0.1) is 0 Å². The Hall–Kier alpha value is -1.36. The van der Waals surface area contributed by atoms with Gasteiger partial charge in [0, 0.05) is 25.2 Å². The summed E-state index contributed by atoms with van der Waals surface area (Å²) < 4.78 is 0. The number of nitrogens with one attached hydrogen (secondary N) is 2. The van der Waals surface area contributed by atoms with Crippen molar-refractivity contribution in [1.29, 1.82) is 0 Å². The normalized spacial score (nSPS) is 20.1. The maximum atomic E-state index is 10.9. The van der Waals surface area contributed by atoms with Crippen LogP contribution in [-0.4, -0.2) is 28.5 Å². The Kier molecular flexibility index (Phi) is 3.01. The van der Waals surface area contributed by atoms with E-state index in [9.17, 15) is 4.79 Å². The van der Waals surface area contributed by atoms with E-state index in [1.165, 1.54) is 0 Å². The van der Waals surface area contributed by atoms with Crippen LogP contribution < -0.4 is 10.6 Å². The number of carbonyl (C=O) groups is 1. The molecular weight excluding hydrogens is 216 g/mol. The second kappa shape index (κ2) is 4.44. The zero-order chi connectivity index (χ0) is 10.7. The van der Waals surface area contributed by atoms with Crippen LogP contribution in [0, 0.1) is 0 Å². The van der Waals surface area contributed by atoms with E-state index in [1.54, 1.807) is 12.3 Å². The summed E-state index contributed by atoms with van der Waals surface area (Å²) in [5.74, 6) is 0.790. The SMILES string of the molecule is O=C1CCC(CNc2ccnc(Cl)n2)N1. The quantitative estimate of drug-likeness (QED) is 0.749. The Labute approximate surface area is 92.3 Å². The maximum Gasteiger partial charge on any atom is 0.224 e. The van der Waals surface area contributed by atoms with Gasteiger partial charge in [0.1, 0.15) is 5.82 Å². The number of hydrogen-bond donors (Lipinski definition) is 2. The number of carbonyl (C=O) groups excluding carboxylic acids is 1. The molecule has 2 N–H and O–H groups in total. The molecule has 2 rings (SSSR count). The first-order valence-corrected chi connectivity index (χ1v) is 5.13. The van der Waals surface area contributed by atoms with E-state index in [4.69, 9.17) is 11.6 Å². The molecule has 6 heteroatoms. The Morgan fingerprint density at radius 3 is 3.20 bits per heavy atom. The van der Waals surface area contributed by atoms with Crippen LogP contribution in [0.25, 0.3) is 0 Å². The van der Waals surface area contributed by atoms with Crippen LogP contribution in [0.5, 0.6) is 0 Å². The van der Waals surface area contributed by atoms with Crippen molar-refractivity contribution in [3.8, 4) is 0 Å². The van der Waals surface area contributed by atoms with Crippen LogP contribution >= 0.6 is 11.6 Å². The second-order valence-electron chi connectivity index (χ2n) is 3.39. The monoisotopic (exact) mass is 226 g/mol. The smallest absolute Gasteiger partial charge is 0.224 e. The van der Waals surface area contributed by atoms with Crippen LogP contribution in [0.1, 0.15) is 12.8 Å². The average molecular weight is 227 g/mol. The number of nitrogens with zero attached hydrogens (tertiary/aromatic N) is 2. The van der Waals surface area contributed by atoms with Crippen molar-refractivity contribution in [1.82, 2.24) is 15.3 Å². The first-order valence-electron chi connectivity index (χ1n) is 4.76. The third-order valence-corrected chi connectivity index (χ3v) is 2.42. The van der Waals surface area contributed by atoms with Crippen molar-refractivity contribution in [2.45, 2.75) is 18.9 Å². The van der Waals surface area contributed by atoms with Gasteiger partial charge < -0.3 is 10.6 Å². The molecule has 15 heavy (non-hydrogen) atoms. The van der Waals surface area contributed by atoms with Crippen LogP contribution in [0.15, 0.2) is 12.3 Å². The molecule has 1 aliphatic rings. The highest BCUT2D eigenvalue weighted by atomic mass is 35.5. The van der Waals surface area contributed by atoms with Crippen molar-refractivity contribution >= 4 is 23.3 Å². The Morgan fingerprint density at radius 1 is 1.67 bits per heavy atom. The summed E-state index contributed by atoms with van der Waals surface area (Å²) in [4.78, 5) is 18.7. The minimum Gasteiger partial charge on any atom is -0.368 e. The summed E-state index contributed by atoms with van der Waals surface area (Å²) in [6.07, 6.45) is 3.06. The van der Waals surface area contributed by atoms with Gasteiger partial charge >= 0.3 is 0 Å². The molecule has 1 aromatic rings. The molecule has 1 aromatic heterocycles. The van der Waals surface area contributed by atoms with Gasteiger partial charge in [-0.1, -0.05) is 0 Å². The molecule has 2 heterocycles. The van der Waals surface area contributed by atoms with Crippen molar-refractivity contribution in [2.75, 3.05) is 11.9 Å². The van der Waals surface area contributed by atoms with E-state index in [0.29, 0.717) is 18.8 Å². The van der Waals surface area contributed by atoms with E-state index in [0.717, 1.165) is 6.42 Å². The molecule has 1 aliphatic heterocycles. The summed E-state index contributed by atoms with van der Waals surface area (Å²) in [5.41, 5.74) is 0. The molecule has 1 atom stereocenters. The number of halogens is 1. The highest BCUT2D eigenvalue weighted by Gasteiger charge is 2.20. The third kappa shape index (κ3) is 2.79. The number of rotatable bonds is 3. The lowest BCUT2D eigenvalue weighted by Gasteiger charge is -2.11. The van der Waals surface area contributed by atoms with Gasteiger partial charge in [0.25, 0.3) is 0 Å². The van der Waals surface area contributed by atoms with E-state index in [1.807, 2.05) is 0 Å². The number of anilines is 1. The Bertz CT molecular complexity index is 371. The molecule has 0 bridgehead atoms. The number of aromatic nitrogens is 2. The zero-order valence-corrected chi connectivity index (χ0v) is 8.79. The van der Waals surface area contributed by atoms with Crippen molar-refractivity contribution in [2.24, 2.45) is 0 Å². The van der Waals surface area contributed by atoms with Crippen LogP contribution in [0.2, 0.25) is 5.28 Å². The van der Waals surface area contributed by atoms with Gasteiger partial charge in [0.15, 0.2) is 0 Å². The molecule has 0 aromatic carbocycles. The van der Waals surface area contributed by atoms with Gasteiger partial charge in [0.2, 0.25) is 11.2 Å². The van der Waals surface area contributed by atoms with Gasteiger partial charge in [-0.25, -0.2) is 9.97 Å². The number of amides is 1. The van der Waals surface area contributed by atoms with Crippen molar-refractivity contribution in [3.05, 3.63) is 17.5 Å². The number of hydrogen-bond acceptors (Lipinski definition) is 4. The summed E-state index contributed by atoms with van der Waals surface area (Å²) in [5, 5.41) is 6.18. The predicted molar refractivity (Wildman–Crippen MR) is 56.7 cm³/mol. The third-order valence-electron chi connectivity index (χ3n) is 2.24. The first kappa shape index (κ1) is 10.2. The molecule has 0 spiro atoms. The molecular formula is C9H11ClN4O. The predicted octanol–water partition coefficient (Wildman–Crippen LogP) is 0.820. The molecule has 1 fully saturated rings. The topological polar surface area (TPSA) is 66.9 Å². The van der Waals surface area contributed by atoms with Crippen LogP contribution in [0.4, 0.5) is 5.82 Å². The van der Waals surface area contributed by atoms with Gasteiger partial charge in [-0.15, -0.1) is 0 Å². The Balaban J connectivity index is 1.85. The summed E-state index contributed by atoms with van der Waals surface area (Å²) >= 11 is 5.63. The van der Waals surface area contributed by atoms with E-state index < -0.39 is 0 Å². The molecule has 0 aliphatic carbocycles. The van der Waals surface area contributed by atoms with Gasteiger partial charge in [-0.3, -0.25) is 4.79 Å². The minimum absolute atomic E-state index is 0.113. The maximum absolute atomic E-state index is 10.9. The molecule has 1 saturated heterocycles. The summed E-state index contributed by atoms with van der Waals surface area (Å²) in [6.45, 7) is 0.666. The Morgan fingerprint density at radius 2 is 2.53 bits per heavy atom. The molecule has 1 amide bonds. The van der Waals surface area contributed by atoms with Crippen LogP contribution in [-0.2, 0) is 4.79 Å². The first-order chi connectivity index (χ1) is 7.24. The lowest BCUT2D eigenvalue weighted by Crippen LogP contribution is -2.31. The second-order valence-corrected chi connectivity index (χ2v) is 3.73. The summed E-state index contributed by atoms with van der Waals surface area (Å²) in [7, 11) is 0. The van der Waals surface area contributed by atoms with Crippen molar-refractivity contribution < 1.29 is 4.79 Å². The summed E-state index contributed by atoms with van der Waals surface area (Å²) in [6, 6.07) is 1.93. The molecule has 0 radical (unpaired) electrons. The highest BCUT2D eigenvalue weighted by molar-refractivity contribution is 6.28. The standard InChI is InChI=1S/C9H11ClN4O/c10-9-11-4-3-7(14-9)12-5-6-1-2-8(15)13-6/h3-4,6H,1-2,5H2,(H,13,15)(H,11,12,14). The molecule has 5 nitrogen and oxygen atoms in total. The van der Waals surface area contributed by atoms with Crippen molar-refractivity contribution in [3.63, 3.8) is 0 Å². The fourth-order valence-corrected chi connectivity index (χ4v) is 1.64. The molecule has 0 saturated carbocycles. The van der Waals surface area contributed by atoms with Crippen LogP contribution in [0.3, 0.4) is 0 Å². The minimum atomic E-state index is 0.113. The van der Waals surface area contributed by atoms with E-state index >= 15 is 0 Å². The lowest BCUT2D eigenvalue weighted by atomic mass is 10.2. The largest absolute Gasteiger partial charge is 0.368 e. The fraction of sp³-hybridized carbons (Fsp3) is 0.444. The highest BCUT2D eigenvalue weighted by Crippen LogP contribution is 2.09. The molecule has 1 unspecified atom stereocenters. The van der Waals surface area contributed by atoms with E-state index in [2.05, 4.69) is 20.6 Å². The van der Waals surface area contributed by atoms with Gasteiger partial charge in [-0.05, 0) is 24.1 Å². The fourth-order valence-electron chi connectivity index (χ4n) is 1.49. The lowest BCUT2D eigenvalue weighted by molar-refractivity contribution is -0.119. The van der Waals surface area contributed by atoms with E-state index in [-0.39, 0.29) is 17.2 Å². The average Bonchev–Trinajstić information content (AvgIpc) is 2.62.